The van der Waals surface area contributed by atoms with E-state index in [1.165, 1.54) is 10.5 Å². The van der Waals surface area contributed by atoms with E-state index in [2.05, 4.69) is 36.7 Å². The van der Waals surface area contributed by atoms with Gasteiger partial charge in [0.25, 0.3) is 0 Å². The number of aliphatic hydroxyl groups is 1. The standard InChI is InChI=1S/C25H38N2O5/c1-16(2)20(13-19-15-32-25(3,4)27(19)24(29)30)23(28)17-9-10-22-21(12-17)18(14-26(22)5)8-7-11-31-6/h9-10,12,14,16,19-20,23,28H,7-8,11,13,15H2,1-6H3,(H,29,30). The molecule has 2 aromatic rings. The molecule has 1 amide bonds. The highest BCUT2D eigenvalue weighted by Gasteiger charge is 2.45. The van der Waals surface area contributed by atoms with Gasteiger partial charge < -0.3 is 24.3 Å². The lowest BCUT2D eigenvalue weighted by molar-refractivity contribution is -0.0436. The SMILES string of the molecule is COCCCc1cn(C)c2ccc(C(O)C(CC3COC(C)(C)N3C(=O)O)C(C)C)cc12. The van der Waals surface area contributed by atoms with E-state index in [1.54, 1.807) is 21.0 Å². The first kappa shape index (κ1) is 24.6. The number of hydrogen-bond donors (Lipinski definition) is 2. The van der Waals surface area contributed by atoms with Gasteiger partial charge in [-0.1, -0.05) is 19.9 Å². The Morgan fingerprint density at radius 3 is 2.69 bits per heavy atom. The van der Waals surface area contributed by atoms with E-state index in [9.17, 15) is 15.0 Å². The van der Waals surface area contributed by atoms with Crippen LogP contribution in [0.1, 0.15) is 57.8 Å². The molecule has 2 heterocycles. The molecule has 1 aliphatic heterocycles. The van der Waals surface area contributed by atoms with Gasteiger partial charge in [0.15, 0.2) is 0 Å². The Balaban J connectivity index is 1.86. The van der Waals surface area contributed by atoms with Crippen LogP contribution in [0.5, 0.6) is 0 Å². The number of carboxylic acid groups (broad SMARTS) is 1. The molecule has 178 valence electrons. The van der Waals surface area contributed by atoms with Gasteiger partial charge in [-0.25, -0.2) is 4.79 Å². The van der Waals surface area contributed by atoms with Gasteiger partial charge in [0, 0.05) is 37.9 Å². The highest BCUT2D eigenvalue weighted by Crippen LogP contribution is 2.38. The molecule has 0 aliphatic carbocycles. The number of amides is 1. The molecular formula is C25H38N2O5. The van der Waals surface area contributed by atoms with E-state index in [4.69, 9.17) is 9.47 Å². The van der Waals surface area contributed by atoms with Crippen LogP contribution >= 0.6 is 0 Å². The summed E-state index contributed by atoms with van der Waals surface area (Å²) in [5, 5.41) is 22.3. The molecule has 7 heteroatoms. The topological polar surface area (TPSA) is 84.2 Å². The molecule has 0 bridgehead atoms. The molecule has 7 nitrogen and oxygen atoms in total. The molecule has 1 aliphatic rings. The summed E-state index contributed by atoms with van der Waals surface area (Å²) in [6, 6.07) is 5.87. The number of methoxy groups -OCH3 is 1. The number of nitrogens with zero attached hydrogens (tertiary/aromatic N) is 2. The molecule has 1 saturated heterocycles. The van der Waals surface area contributed by atoms with E-state index >= 15 is 0 Å². The summed E-state index contributed by atoms with van der Waals surface area (Å²) in [6.45, 7) is 8.77. The van der Waals surface area contributed by atoms with Crippen LogP contribution in [-0.4, -0.2) is 57.9 Å². The van der Waals surface area contributed by atoms with Gasteiger partial charge in [-0.05, 0) is 68.2 Å². The minimum absolute atomic E-state index is 0.0996. The number of fused-ring (bicyclic) bond motifs is 1. The number of aliphatic hydroxyl groups excluding tert-OH is 1. The molecule has 1 aromatic carbocycles. The van der Waals surface area contributed by atoms with Gasteiger partial charge >= 0.3 is 6.09 Å². The smallest absolute Gasteiger partial charge is 0.409 e. The second kappa shape index (κ2) is 9.81. The summed E-state index contributed by atoms with van der Waals surface area (Å²) in [6.07, 6.45) is 2.88. The van der Waals surface area contributed by atoms with Crippen LogP contribution in [0.3, 0.4) is 0 Å². The second-order valence-corrected chi connectivity index (χ2v) is 9.79. The van der Waals surface area contributed by atoms with Gasteiger partial charge in [0.1, 0.15) is 5.72 Å². The molecule has 3 unspecified atom stereocenters. The summed E-state index contributed by atoms with van der Waals surface area (Å²) >= 11 is 0. The predicted octanol–water partition coefficient (Wildman–Crippen LogP) is 4.57. The van der Waals surface area contributed by atoms with E-state index in [0.29, 0.717) is 19.6 Å². The zero-order valence-corrected chi connectivity index (χ0v) is 20.2. The zero-order chi connectivity index (χ0) is 23.6. The van der Waals surface area contributed by atoms with Crippen molar-refractivity contribution in [2.24, 2.45) is 18.9 Å². The lowest BCUT2D eigenvalue weighted by Crippen LogP contribution is -2.48. The average Bonchev–Trinajstić information content (AvgIpc) is 3.20. The van der Waals surface area contributed by atoms with Crippen LogP contribution < -0.4 is 0 Å². The third kappa shape index (κ3) is 4.95. The van der Waals surface area contributed by atoms with Crippen molar-refractivity contribution in [2.75, 3.05) is 20.3 Å². The minimum Gasteiger partial charge on any atom is -0.465 e. The largest absolute Gasteiger partial charge is 0.465 e. The fourth-order valence-electron chi connectivity index (χ4n) is 5.05. The van der Waals surface area contributed by atoms with Crippen molar-refractivity contribution < 1.29 is 24.5 Å². The summed E-state index contributed by atoms with van der Waals surface area (Å²) in [5.41, 5.74) is 2.40. The first-order chi connectivity index (χ1) is 15.1. The second-order valence-electron chi connectivity index (χ2n) is 9.79. The Labute approximate surface area is 190 Å². The number of aryl methyl sites for hydroxylation is 2. The van der Waals surface area contributed by atoms with Crippen molar-refractivity contribution in [2.45, 2.75) is 64.8 Å². The van der Waals surface area contributed by atoms with Crippen molar-refractivity contribution in [3.63, 3.8) is 0 Å². The van der Waals surface area contributed by atoms with E-state index in [1.807, 2.05) is 13.1 Å². The van der Waals surface area contributed by atoms with Crippen LogP contribution in [-0.2, 0) is 22.9 Å². The number of aromatic nitrogens is 1. The number of ether oxygens (including phenoxy) is 2. The number of carbonyl (C=O) groups is 1. The summed E-state index contributed by atoms with van der Waals surface area (Å²) in [7, 11) is 3.75. The highest BCUT2D eigenvalue weighted by molar-refractivity contribution is 5.84. The quantitative estimate of drug-likeness (QED) is 0.552. The Morgan fingerprint density at radius 2 is 2.06 bits per heavy atom. The van der Waals surface area contributed by atoms with Crippen molar-refractivity contribution in [1.82, 2.24) is 9.47 Å². The first-order valence-electron chi connectivity index (χ1n) is 11.5. The van der Waals surface area contributed by atoms with Gasteiger partial charge in [0.05, 0.1) is 18.8 Å². The average molecular weight is 447 g/mol. The van der Waals surface area contributed by atoms with E-state index in [-0.39, 0.29) is 17.9 Å². The molecule has 0 saturated carbocycles. The van der Waals surface area contributed by atoms with E-state index in [0.717, 1.165) is 29.3 Å². The predicted molar refractivity (Wildman–Crippen MR) is 125 cm³/mol. The maximum atomic E-state index is 11.9. The molecule has 1 fully saturated rings. The zero-order valence-electron chi connectivity index (χ0n) is 20.2. The molecule has 3 atom stereocenters. The van der Waals surface area contributed by atoms with Crippen molar-refractivity contribution in [3.05, 3.63) is 35.5 Å². The van der Waals surface area contributed by atoms with Crippen LogP contribution in [0.25, 0.3) is 10.9 Å². The lowest BCUT2D eigenvalue weighted by atomic mass is 9.81. The Morgan fingerprint density at radius 1 is 1.34 bits per heavy atom. The Hall–Kier alpha value is -2.09. The van der Waals surface area contributed by atoms with E-state index < -0.39 is 17.9 Å². The lowest BCUT2D eigenvalue weighted by Gasteiger charge is -2.35. The highest BCUT2D eigenvalue weighted by atomic mass is 16.5. The summed E-state index contributed by atoms with van der Waals surface area (Å²) in [4.78, 5) is 13.3. The molecule has 1 aromatic heterocycles. The molecule has 32 heavy (non-hydrogen) atoms. The minimum atomic E-state index is -0.985. The molecule has 3 rings (SSSR count). The molecule has 2 N–H and O–H groups in total. The van der Waals surface area contributed by atoms with Gasteiger partial charge in [-0.3, -0.25) is 4.90 Å². The first-order valence-corrected chi connectivity index (χ1v) is 11.5. The summed E-state index contributed by atoms with van der Waals surface area (Å²) in [5.74, 6) is 0.0782. The van der Waals surface area contributed by atoms with Crippen LogP contribution in [0.2, 0.25) is 0 Å². The number of hydrogen-bond acceptors (Lipinski definition) is 4. The Kier molecular flexibility index (Phi) is 7.53. The fraction of sp³-hybridized carbons (Fsp3) is 0.640. The monoisotopic (exact) mass is 446 g/mol. The van der Waals surface area contributed by atoms with Gasteiger partial charge in [0.2, 0.25) is 0 Å². The maximum Gasteiger partial charge on any atom is 0.409 e. The van der Waals surface area contributed by atoms with Crippen molar-refractivity contribution in [3.8, 4) is 0 Å². The normalized spacial score (nSPS) is 20.2. The number of rotatable bonds is 9. The van der Waals surface area contributed by atoms with Crippen LogP contribution in [0.15, 0.2) is 24.4 Å². The number of benzene rings is 1. The van der Waals surface area contributed by atoms with Crippen LogP contribution in [0.4, 0.5) is 4.79 Å². The molecular weight excluding hydrogens is 408 g/mol. The fourth-order valence-corrected chi connectivity index (χ4v) is 5.05. The molecule has 0 spiro atoms. The molecule has 0 radical (unpaired) electrons. The van der Waals surface area contributed by atoms with Crippen molar-refractivity contribution in [1.29, 1.82) is 0 Å². The Bertz CT molecular complexity index is 936. The van der Waals surface area contributed by atoms with Gasteiger partial charge in [-0.15, -0.1) is 0 Å². The third-order valence-corrected chi connectivity index (χ3v) is 6.82. The van der Waals surface area contributed by atoms with Crippen molar-refractivity contribution >= 4 is 17.0 Å². The third-order valence-electron chi connectivity index (χ3n) is 6.82. The van der Waals surface area contributed by atoms with Gasteiger partial charge in [-0.2, -0.15) is 0 Å². The van der Waals surface area contributed by atoms with Crippen LogP contribution in [0, 0.1) is 11.8 Å². The summed E-state index contributed by atoms with van der Waals surface area (Å²) < 4.78 is 13.1. The maximum absolute atomic E-state index is 11.9.